The number of nitrogens with zero attached hydrogens (tertiary/aromatic N) is 2. The smallest absolute Gasteiger partial charge is 0.0548 e. The molecule has 0 saturated heterocycles. The van der Waals surface area contributed by atoms with Crippen LogP contribution in [0.1, 0.15) is 63.8 Å². The average Bonchev–Trinajstić information content (AvgIpc) is 3.42. The van der Waals surface area contributed by atoms with Crippen LogP contribution >= 0.6 is 0 Å². The molecule has 0 N–H and O–H groups in total. The van der Waals surface area contributed by atoms with Crippen molar-refractivity contribution < 1.29 is 0 Å². The van der Waals surface area contributed by atoms with E-state index in [2.05, 4.69) is 162 Å². The molecule has 2 nitrogen and oxygen atoms in total. The summed E-state index contributed by atoms with van der Waals surface area (Å²) in [6.07, 6.45) is 0. The number of benzene rings is 5. The molecule has 0 aliphatic carbocycles. The van der Waals surface area contributed by atoms with E-state index in [9.17, 15) is 0 Å². The van der Waals surface area contributed by atoms with E-state index < -0.39 is 0 Å². The van der Waals surface area contributed by atoms with E-state index >= 15 is 0 Å². The second-order valence-electron chi connectivity index (χ2n) is 14.2. The molecule has 2 aromatic heterocycles. The molecule has 0 aliphatic rings. The summed E-state index contributed by atoms with van der Waals surface area (Å²) < 4.78 is 4.93. The summed E-state index contributed by atoms with van der Waals surface area (Å²) in [6, 6.07) is 36.8. The highest BCUT2D eigenvalue weighted by Crippen LogP contribution is 2.41. The summed E-state index contributed by atoms with van der Waals surface area (Å²) in [5.41, 5.74) is 12.8. The van der Waals surface area contributed by atoms with E-state index in [1.807, 2.05) is 0 Å². The van der Waals surface area contributed by atoms with Gasteiger partial charge < -0.3 is 9.13 Å². The lowest BCUT2D eigenvalue weighted by Crippen LogP contribution is -2.10. The van der Waals surface area contributed by atoms with Crippen LogP contribution in [-0.2, 0) is 10.8 Å². The zero-order valence-electron chi connectivity index (χ0n) is 26.1. The number of aromatic nitrogens is 2. The molecule has 5 aromatic carbocycles. The van der Waals surface area contributed by atoms with Crippen molar-refractivity contribution in [2.75, 3.05) is 0 Å². The Morgan fingerprint density at radius 1 is 0.405 bits per heavy atom. The first kappa shape index (κ1) is 26.6. The van der Waals surface area contributed by atoms with Gasteiger partial charge in [0, 0.05) is 32.9 Å². The molecule has 42 heavy (non-hydrogen) atoms. The number of hydrogen-bond acceptors (Lipinski definition) is 0. The molecule has 0 unspecified atom stereocenters. The highest BCUT2D eigenvalue weighted by atomic mass is 15.0. The van der Waals surface area contributed by atoms with Gasteiger partial charge in [-0.3, -0.25) is 0 Å². The molecule has 0 fully saturated rings. The number of rotatable bonds is 2. The first-order valence-corrected chi connectivity index (χ1v) is 15.1. The fourth-order valence-electron chi connectivity index (χ4n) is 6.55. The monoisotopic (exact) mass is 548 g/mol. The normalized spacial score (nSPS) is 12.8. The topological polar surface area (TPSA) is 9.86 Å². The zero-order valence-corrected chi connectivity index (χ0v) is 26.1. The first-order valence-electron chi connectivity index (χ1n) is 15.1. The van der Waals surface area contributed by atoms with Crippen LogP contribution in [0.3, 0.4) is 0 Å². The molecule has 0 bridgehead atoms. The molecule has 2 heterocycles. The Morgan fingerprint density at radius 2 is 0.786 bits per heavy atom. The lowest BCUT2D eigenvalue weighted by atomic mass is 9.86. The predicted molar refractivity (Wildman–Crippen MR) is 182 cm³/mol. The number of aryl methyl sites for hydroxylation is 2. The summed E-state index contributed by atoms with van der Waals surface area (Å²) in [5.74, 6) is 0. The van der Waals surface area contributed by atoms with Crippen LogP contribution in [0.2, 0.25) is 0 Å². The predicted octanol–water partition coefficient (Wildman–Crippen LogP) is 11.1. The molecular weight excluding hydrogens is 508 g/mol. The van der Waals surface area contributed by atoms with Crippen molar-refractivity contribution in [1.29, 1.82) is 0 Å². The van der Waals surface area contributed by atoms with Crippen LogP contribution in [0, 0.1) is 13.8 Å². The van der Waals surface area contributed by atoms with Gasteiger partial charge in [0.25, 0.3) is 0 Å². The van der Waals surface area contributed by atoms with E-state index in [-0.39, 0.29) is 10.8 Å². The van der Waals surface area contributed by atoms with Gasteiger partial charge in [0.05, 0.1) is 22.1 Å². The van der Waals surface area contributed by atoms with E-state index in [1.165, 1.54) is 77.2 Å². The van der Waals surface area contributed by atoms with E-state index in [0.29, 0.717) is 0 Å². The van der Waals surface area contributed by atoms with Gasteiger partial charge in [0.15, 0.2) is 0 Å². The van der Waals surface area contributed by atoms with Gasteiger partial charge in [0.2, 0.25) is 0 Å². The lowest BCUT2D eigenvalue weighted by Gasteiger charge is -2.19. The SMILES string of the molecule is Cc1cccc(-n2c3ccc(C(C)(C)C)cc3c3cc4c(cc32)c2cc(C(C)(C)C)ccc2n4-c2cccc(C)c2)c1. The van der Waals surface area contributed by atoms with Crippen LogP contribution < -0.4 is 0 Å². The highest BCUT2D eigenvalue weighted by molar-refractivity contribution is 6.19. The molecule has 7 aromatic rings. The van der Waals surface area contributed by atoms with Crippen molar-refractivity contribution in [2.45, 2.75) is 66.2 Å². The van der Waals surface area contributed by atoms with Crippen LogP contribution in [0.25, 0.3) is 55.0 Å². The van der Waals surface area contributed by atoms with Gasteiger partial charge in [-0.05, 0) is 108 Å². The third kappa shape index (κ3) is 4.16. The quantitative estimate of drug-likeness (QED) is 0.203. The third-order valence-electron chi connectivity index (χ3n) is 8.90. The number of fused-ring (bicyclic) bond motifs is 6. The van der Waals surface area contributed by atoms with Gasteiger partial charge in [-0.25, -0.2) is 0 Å². The molecule has 0 spiro atoms. The maximum Gasteiger partial charge on any atom is 0.0548 e. The molecule has 0 radical (unpaired) electrons. The van der Waals surface area contributed by atoms with Crippen molar-refractivity contribution in [3.63, 3.8) is 0 Å². The van der Waals surface area contributed by atoms with Gasteiger partial charge >= 0.3 is 0 Å². The summed E-state index contributed by atoms with van der Waals surface area (Å²) in [4.78, 5) is 0. The van der Waals surface area contributed by atoms with Gasteiger partial charge in [-0.1, -0.05) is 77.9 Å². The van der Waals surface area contributed by atoms with Gasteiger partial charge in [-0.2, -0.15) is 0 Å². The van der Waals surface area contributed by atoms with E-state index in [0.717, 1.165) is 0 Å². The number of hydrogen-bond donors (Lipinski definition) is 0. The Labute approximate surface area is 249 Å². The largest absolute Gasteiger partial charge is 0.309 e. The van der Waals surface area contributed by atoms with E-state index in [1.54, 1.807) is 0 Å². The van der Waals surface area contributed by atoms with Crippen LogP contribution in [0.4, 0.5) is 0 Å². The second-order valence-corrected chi connectivity index (χ2v) is 14.2. The summed E-state index contributed by atoms with van der Waals surface area (Å²) in [5, 5.41) is 5.19. The third-order valence-corrected chi connectivity index (χ3v) is 8.90. The Bertz CT molecular complexity index is 2010. The molecule has 2 heteroatoms. The van der Waals surface area contributed by atoms with Crippen molar-refractivity contribution in [3.8, 4) is 11.4 Å². The van der Waals surface area contributed by atoms with Gasteiger partial charge in [0.1, 0.15) is 0 Å². The Hall–Kier alpha value is -4.30. The standard InChI is InChI=1S/C40H40N2/c1-25-11-9-13-29(19-25)41-35-17-15-27(39(3,4)5)21-31(35)33-24-38-34(23-37(33)41)32-22-28(40(6,7)8)16-18-36(32)42(38)30-14-10-12-26(2)20-30/h9-24H,1-8H3. The molecule has 7 rings (SSSR count). The Balaban J connectivity index is 1.69. The molecule has 0 atom stereocenters. The zero-order chi connectivity index (χ0) is 29.6. The van der Waals surface area contributed by atoms with Crippen molar-refractivity contribution in [1.82, 2.24) is 9.13 Å². The minimum atomic E-state index is 0.0653. The second kappa shape index (κ2) is 9.10. The van der Waals surface area contributed by atoms with Gasteiger partial charge in [-0.15, -0.1) is 0 Å². The van der Waals surface area contributed by atoms with Crippen molar-refractivity contribution >= 4 is 43.6 Å². The maximum absolute atomic E-state index is 2.47. The summed E-state index contributed by atoms with van der Waals surface area (Å²) in [7, 11) is 0. The van der Waals surface area contributed by atoms with Crippen LogP contribution in [-0.4, -0.2) is 9.13 Å². The van der Waals surface area contributed by atoms with Crippen LogP contribution in [0.5, 0.6) is 0 Å². The molecule has 210 valence electrons. The molecule has 0 aliphatic heterocycles. The maximum atomic E-state index is 2.47. The average molecular weight is 549 g/mol. The van der Waals surface area contributed by atoms with E-state index in [4.69, 9.17) is 0 Å². The van der Waals surface area contributed by atoms with Crippen molar-refractivity contribution in [2.24, 2.45) is 0 Å². The minimum absolute atomic E-state index is 0.0653. The summed E-state index contributed by atoms with van der Waals surface area (Å²) >= 11 is 0. The minimum Gasteiger partial charge on any atom is -0.309 e. The van der Waals surface area contributed by atoms with Crippen LogP contribution in [0.15, 0.2) is 97.1 Å². The Morgan fingerprint density at radius 3 is 1.14 bits per heavy atom. The first-order chi connectivity index (χ1) is 19.9. The molecule has 0 saturated carbocycles. The Kier molecular flexibility index (Phi) is 5.76. The summed E-state index contributed by atoms with van der Waals surface area (Å²) in [6.45, 7) is 18.2. The highest BCUT2D eigenvalue weighted by Gasteiger charge is 2.22. The lowest BCUT2D eigenvalue weighted by molar-refractivity contribution is 0.591. The molecular formula is C40H40N2. The van der Waals surface area contributed by atoms with Crippen molar-refractivity contribution in [3.05, 3.63) is 119 Å². The fourth-order valence-corrected chi connectivity index (χ4v) is 6.55. The fraction of sp³-hybridized carbons (Fsp3) is 0.250. The molecule has 0 amide bonds.